The molecule has 4 heterocycles. The van der Waals surface area contributed by atoms with E-state index >= 15 is 0 Å². The molecule has 2 aliphatic heterocycles. The summed E-state index contributed by atoms with van der Waals surface area (Å²) in [6.45, 7) is 1.55. The molecule has 220 valence electrons. The summed E-state index contributed by atoms with van der Waals surface area (Å²) in [5, 5.41) is 6.03. The summed E-state index contributed by atoms with van der Waals surface area (Å²) < 4.78 is 67.3. The van der Waals surface area contributed by atoms with Crippen LogP contribution in [0.2, 0.25) is 4.34 Å². The minimum Gasteiger partial charge on any atom is -0.349 e. The van der Waals surface area contributed by atoms with Crippen molar-refractivity contribution < 1.29 is 26.4 Å². The van der Waals surface area contributed by atoms with E-state index in [1.807, 2.05) is 11.9 Å². The number of carbonyl (C=O) groups is 1. The van der Waals surface area contributed by atoms with Crippen LogP contribution >= 0.6 is 22.9 Å². The molecule has 41 heavy (non-hydrogen) atoms. The minimum atomic E-state index is -4.46. The lowest BCUT2D eigenvalue weighted by molar-refractivity contribution is -0.137. The zero-order valence-electron chi connectivity index (χ0n) is 22.0. The van der Waals surface area contributed by atoms with Crippen LogP contribution in [0.15, 0.2) is 46.7 Å². The van der Waals surface area contributed by atoms with Crippen LogP contribution in [0, 0.1) is 0 Å². The smallest absolute Gasteiger partial charge is 0.349 e. The highest BCUT2D eigenvalue weighted by Gasteiger charge is 2.40. The fraction of sp³-hybridized carbons (Fsp3) is 0.423. The van der Waals surface area contributed by atoms with Gasteiger partial charge in [-0.05, 0) is 56.6 Å². The Hall–Kier alpha value is -2.78. The van der Waals surface area contributed by atoms with Crippen molar-refractivity contribution >= 4 is 44.8 Å². The SMILES string of the molecule is CNC1CCN(c2nc(CNC(=O)[C@@H]3CCCN3S(=O)(=O)c3ccc(Cl)s3)cc(-c3ccc(C(F)(F)F)cc3)n2)C1. The number of sulfonamides is 1. The third kappa shape index (κ3) is 6.51. The standard InChI is InChI=1S/C26H28ClF3N6O3S2/c1-31-18-10-12-35(15-18)25-33-19(13-20(34-25)16-4-6-17(7-5-16)26(28,29)30)14-32-24(37)21-3-2-11-36(21)41(38,39)23-9-8-22(27)40-23/h4-9,13,18,21,31H,2-3,10-12,14-15H2,1H3,(H,32,37)/t18?,21-/m0/s1. The van der Waals surface area contributed by atoms with Crippen LogP contribution in [0.5, 0.6) is 0 Å². The van der Waals surface area contributed by atoms with Crippen LogP contribution in [-0.4, -0.2) is 67.4 Å². The van der Waals surface area contributed by atoms with E-state index in [2.05, 4.69) is 20.6 Å². The van der Waals surface area contributed by atoms with Crippen LogP contribution in [0.3, 0.4) is 0 Å². The second kappa shape index (κ2) is 11.8. The molecule has 3 aromatic rings. The molecule has 9 nitrogen and oxygen atoms in total. The molecular formula is C26H28ClF3N6O3S2. The number of nitrogens with zero attached hydrogens (tertiary/aromatic N) is 4. The fourth-order valence-electron chi connectivity index (χ4n) is 5.01. The first-order chi connectivity index (χ1) is 19.5. The highest BCUT2D eigenvalue weighted by atomic mass is 35.5. The van der Waals surface area contributed by atoms with Crippen LogP contribution < -0.4 is 15.5 Å². The molecule has 0 saturated carbocycles. The first-order valence-electron chi connectivity index (χ1n) is 13.0. The minimum absolute atomic E-state index is 0.0134. The molecule has 1 aromatic carbocycles. The number of hydrogen-bond acceptors (Lipinski definition) is 8. The number of aromatic nitrogens is 2. The summed E-state index contributed by atoms with van der Waals surface area (Å²) in [4.78, 5) is 24.5. The Morgan fingerprint density at radius 3 is 2.51 bits per heavy atom. The molecular weight excluding hydrogens is 601 g/mol. The third-order valence-electron chi connectivity index (χ3n) is 7.22. The van der Waals surface area contributed by atoms with Gasteiger partial charge in [-0.1, -0.05) is 23.7 Å². The molecule has 2 aliphatic rings. The highest BCUT2D eigenvalue weighted by molar-refractivity contribution is 7.91. The van der Waals surface area contributed by atoms with Crippen LogP contribution in [0.1, 0.15) is 30.5 Å². The van der Waals surface area contributed by atoms with Gasteiger partial charge in [0.15, 0.2) is 0 Å². The van der Waals surface area contributed by atoms with E-state index in [0.29, 0.717) is 53.2 Å². The van der Waals surface area contributed by atoms with Crippen molar-refractivity contribution in [2.75, 3.05) is 31.6 Å². The number of rotatable bonds is 8. The summed E-state index contributed by atoms with van der Waals surface area (Å²) in [7, 11) is -2.02. The van der Waals surface area contributed by atoms with E-state index in [4.69, 9.17) is 11.6 Å². The van der Waals surface area contributed by atoms with E-state index in [1.54, 1.807) is 6.07 Å². The molecule has 5 rings (SSSR count). The molecule has 1 amide bonds. The lowest BCUT2D eigenvalue weighted by Gasteiger charge is -2.23. The number of halogens is 4. The molecule has 2 saturated heterocycles. The molecule has 2 N–H and O–H groups in total. The van der Waals surface area contributed by atoms with E-state index in [1.165, 1.54) is 28.6 Å². The predicted molar refractivity (Wildman–Crippen MR) is 150 cm³/mol. The normalized spacial score (nSPS) is 20.1. The van der Waals surface area contributed by atoms with Gasteiger partial charge in [0, 0.05) is 31.2 Å². The lowest BCUT2D eigenvalue weighted by Crippen LogP contribution is -2.45. The molecule has 0 radical (unpaired) electrons. The van der Waals surface area contributed by atoms with Crippen molar-refractivity contribution in [2.24, 2.45) is 0 Å². The van der Waals surface area contributed by atoms with Gasteiger partial charge in [0.1, 0.15) is 10.3 Å². The largest absolute Gasteiger partial charge is 0.416 e. The Morgan fingerprint density at radius 1 is 1.12 bits per heavy atom. The first-order valence-corrected chi connectivity index (χ1v) is 15.6. The number of carbonyl (C=O) groups excluding carboxylic acids is 1. The van der Waals surface area contributed by atoms with E-state index < -0.39 is 33.7 Å². The molecule has 15 heteroatoms. The van der Waals surface area contributed by atoms with Gasteiger partial charge in [-0.25, -0.2) is 18.4 Å². The number of alkyl halides is 3. The van der Waals surface area contributed by atoms with Gasteiger partial charge >= 0.3 is 6.18 Å². The monoisotopic (exact) mass is 628 g/mol. The molecule has 2 aromatic heterocycles. The van der Waals surface area contributed by atoms with Crippen molar-refractivity contribution in [3.63, 3.8) is 0 Å². The van der Waals surface area contributed by atoms with Crippen molar-refractivity contribution in [3.8, 4) is 11.3 Å². The number of hydrogen-bond donors (Lipinski definition) is 2. The maximum atomic E-state index is 13.2. The molecule has 0 bridgehead atoms. The van der Waals surface area contributed by atoms with Gasteiger partial charge in [-0.3, -0.25) is 4.79 Å². The zero-order valence-corrected chi connectivity index (χ0v) is 24.4. The highest BCUT2D eigenvalue weighted by Crippen LogP contribution is 2.33. The Balaban J connectivity index is 1.37. The van der Waals surface area contributed by atoms with Crippen molar-refractivity contribution in [1.82, 2.24) is 24.9 Å². The summed E-state index contributed by atoms with van der Waals surface area (Å²) >= 11 is 6.88. The topological polar surface area (TPSA) is 108 Å². The van der Waals surface area contributed by atoms with E-state index in [9.17, 15) is 26.4 Å². The summed E-state index contributed by atoms with van der Waals surface area (Å²) in [6.07, 6.45) is -2.68. The molecule has 1 unspecified atom stereocenters. The van der Waals surface area contributed by atoms with Gasteiger partial charge in [0.25, 0.3) is 10.0 Å². The van der Waals surface area contributed by atoms with Crippen molar-refractivity contribution in [1.29, 1.82) is 0 Å². The molecule has 2 atom stereocenters. The number of likely N-dealkylation sites (N-methyl/N-ethyl adjacent to an activating group) is 1. The van der Waals surface area contributed by atoms with E-state index in [0.717, 1.165) is 29.9 Å². The second-order valence-corrected chi connectivity index (χ2v) is 13.7. The Bertz CT molecular complexity index is 1520. The summed E-state index contributed by atoms with van der Waals surface area (Å²) in [5.41, 5.74) is 0.575. The lowest BCUT2D eigenvalue weighted by atomic mass is 10.1. The maximum Gasteiger partial charge on any atom is 0.416 e. The first kappa shape index (κ1) is 29.7. The second-order valence-electron chi connectivity index (χ2n) is 9.89. The van der Waals surface area contributed by atoms with Crippen molar-refractivity contribution in [3.05, 3.63) is 58.1 Å². The van der Waals surface area contributed by atoms with Gasteiger partial charge in [-0.15, -0.1) is 11.3 Å². The third-order valence-corrected chi connectivity index (χ3v) is 10.8. The van der Waals surface area contributed by atoms with E-state index in [-0.39, 0.29) is 23.3 Å². The van der Waals surface area contributed by atoms with Gasteiger partial charge in [0.2, 0.25) is 11.9 Å². The number of amides is 1. The number of nitrogens with one attached hydrogen (secondary N) is 2. The number of anilines is 1. The Morgan fingerprint density at radius 2 is 1.88 bits per heavy atom. The summed E-state index contributed by atoms with van der Waals surface area (Å²) in [6, 6.07) is 8.63. The van der Waals surface area contributed by atoms with Crippen LogP contribution in [0.25, 0.3) is 11.3 Å². The molecule has 0 spiro atoms. The van der Waals surface area contributed by atoms with Crippen LogP contribution in [0.4, 0.5) is 19.1 Å². The average Bonchev–Trinajstić information content (AvgIpc) is 3.72. The van der Waals surface area contributed by atoms with Gasteiger partial charge in [-0.2, -0.15) is 17.5 Å². The molecule has 2 fully saturated rings. The zero-order chi connectivity index (χ0) is 29.4. The predicted octanol–water partition coefficient (Wildman–Crippen LogP) is 4.14. The Labute approximate surface area is 244 Å². The fourth-order valence-corrected chi connectivity index (χ4v) is 8.28. The number of thiophene rings is 1. The maximum absolute atomic E-state index is 13.2. The Kier molecular flexibility index (Phi) is 8.58. The van der Waals surface area contributed by atoms with Gasteiger partial charge in [0.05, 0.1) is 27.8 Å². The average molecular weight is 629 g/mol. The molecule has 0 aliphatic carbocycles. The summed E-state index contributed by atoms with van der Waals surface area (Å²) in [5.74, 6) is -0.0505. The van der Waals surface area contributed by atoms with Gasteiger partial charge < -0.3 is 15.5 Å². The van der Waals surface area contributed by atoms with Crippen molar-refractivity contribution in [2.45, 2.75) is 48.3 Å². The number of benzene rings is 1. The van der Waals surface area contributed by atoms with Crippen LogP contribution in [-0.2, 0) is 27.5 Å². The quantitative estimate of drug-likeness (QED) is 0.386.